The second kappa shape index (κ2) is 9.91. The van der Waals surface area contributed by atoms with Crippen LogP contribution in [0.4, 0.5) is 8.78 Å². The number of amides is 1. The van der Waals surface area contributed by atoms with E-state index in [0.29, 0.717) is 28.5 Å². The molecule has 2 aliphatic rings. The molecule has 1 aliphatic heterocycles. The van der Waals surface area contributed by atoms with E-state index < -0.39 is 29.7 Å². The zero-order chi connectivity index (χ0) is 22.7. The lowest BCUT2D eigenvalue weighted by atomic mass is 10.0. The summed E-state index contributed by atoms with van der Waals surface area (Å²) in [4.78, 5) is 16.9. The van der Waals surface area contributed by atoms with Crippen LogP contribution in [-0.2, 0) is 0 Å². The number of rotatable bonds is 4. The fourth-order valence-electron chi connectivity index (χ4n) is 4.06. The molecule has 0 aromatic heterocycles. The average Bonchev–Trinajstić information content (AvgIpc) is 3.38. The van der Waals surface area contributed by atoms with Crippen molar-refractivity contribution in [3.8, 4) is 0 Å². The highest BCUT2D eigenvalue weighted by Gasteiger charge is 2.32. The van der Waals surface area contributed by atoms with Crippen LogP contribution in [-0.4, -0.2) is 29.2 Å². The van der Waals surface area contributed by atoms with Crippen molar-refractivity contribution in [2.75, 3.05) is 0 Å². The van der Waals surface area contributed by atoms with Gasteiger partial charge in [0.25, 0.3) is 5.91 Å². The average molecular weight is 463 g/mol. The highest BCUT2D eigenvalue weighted by atomic mass is 35.5. The van der Waals surface area contributed by atoms with Crippen LogP contribution in [0.3, 0.4) is 0 Å². The molecule has 1 saturated carbocycles. The molecule has 2 atom stereocenters. The van der Waals surface area contributed by atoms with Crippen molar-refractivity contribution in [2.24, 2.45) is 10.8 Å². The van der Waals surface area contributed by atoms with Gasteiger partial charge in [-0.3, -0.25) is 10.6 Å². The molecule has 1 amide bonds. The summed E-state index contributed by atoms with van der Waals surface area (Å²) in [5.41, 5.74) is 3.85. The Hall–Kier alpha value is -2.59. The van der Waals surface area contributed by atoms with Gasteiger partial charge in [0.1, 0.15) is 17.8 Å². The molecule has 1 saturated heterocycles. The summed E-state index contributed by atoms with van der Waals surface area (Å²) < 4.78 is 27.3. The first-order chi connectivity index (χ1) is 15.4. The first kappa shape index (κ1) is 22.6. The molecule has 10 heteroatoms. The van der Waals surface area contributed by atoms with E-state index in [2.05, 4.69) is 21.1 Å². The number of halogens is 3. The molecule has 32 heavy (non-hydrogen) atoms. The molecule has 1 heterocycles. The quantitative estimate of drug-likeness (QED) is 0.316. The number of carbonyl (C=O) groups excluding carboxylic acids is 1. The van der Waals surface area contributed by atoms with Gasteiger partial charge in [-0.2, -0.15) is 10.1 Å². The largest absolute Gasteiger partial charge is 0.353 e. The van der Waals surface area contributed by atoms with Crippen molar-refractivity contribution < 1.29 is 13.6 Å². The predicted molar refractivity (Wildman–Crippen MR) is 118 cm³/mol. The SMILES string of the molecule is NN1NC(c2cc(F)cc(F)c2)CC1N/C(=N\C(=O)c1ccc(Cl)cc1)NC1CCCC1. The van der Waals surface area contributed by atoms with Crippen molar-refractivity contribution in [3.05, 3.63) is 70.2 Å². The molecule has 2 fully saturated rings. The van der Waals surface area contributed by atoms with Gasteiger partial charge in [-0.25, -0.2) is 14.2 Å². The van der Waals surface area contributed by atoms with Crippen molar-refractivity contribution in [1.82, 2.24) is 21.2 Å². The normalized spacial score (nSPS) is 22.3. The van der Waals surface area contributed by atoms with Crippen LogP contribution in [0, 0.1) is 11.6 Å². The van der Waals surface area contributed by atoms with Gasteiger partial charge in [-0.1, -0.05) is 24.4 Å². The third kappa shape index (κ3) is 5.60. The number of guanidine groups is 1. The Labute approximate surface area is 190 Å². The first-order valence-electron chi connectivity index (χ1n) is 10.5. The summed E-state index contributed by atoms with van der Waals surface area (Å²) in [5.74, 6) is 4.67. The fourth-order valence-corrected chi connectivity index (χ4v) is 4.19. The summed E-state index contributed by atoms with van der Waals surface area (Å²) >= 11 is 5.90. The lowest BCUT2D eigenvalue weighted by Gasteiger charge is -2.24. The molecule has 2 aromatic rings. The molecule has 0 bridgehead atoms. The maximum absolute atomic E-state index is 13.6. The monoisotopic (exact) mass is 462 g/mol. The molecular weight excluding hydrogens is 438 g/mol. The van der Waals surface area contributed by atoms with E-state index in [1.165, 1.54) is 17.3 Å². The highest BCUT2D eigenvalue weighted by Crippen LogP contribution is 2.26. The number of hydrogen-bond acceptors (Lipinski definition) is 4. The summed E-state index contributed by atoms with van der Waals surface area (Å²) in [6.07, 6.45) is 4.12. The number of hydrogen-bond donors (Lipinski definition) is 4. The molecule has 7 nitrogen and oxygen atoms in total. The highest BCUT2D eigenvalue weighted by molar-refractivity contribution is 6.30. The number of benzene rings is 2. The van der Waals surface area contributed by atoms with Crippen LogP contribution >= 0.6 is 11.6 Å². The van der Waals surface area contributed by atoms with Crippen LogP contribution in [0.25, 0.3) is 0 Å². The first-order valence-corrected chi connectivity index (χ1v) is 10.9. The molecule has 5 N–H and O–H groups in total. The van der Waals surface area contributed by atoms with Gasteiger partial charge in [0.15, 0.2) is 0 Å². The lowest BCUT2D eigenvalue weighted by molar-refractivity contribution is 0.100. The Morgan fingerprint density at radius 3 is 2.41 bits per heavy atom. The Balaban J connectivity index is 1.50. The number of carbonyl (C=O) groups is 1. The Bertz CT molecular complexity index is 976. The second-order valence-corrected chi connectivity index (χ2v) is 8.52. The van der Waals surface area contributed by atoms with E-state index in [4.69, 9.17) is 17.4 Å². The topological polar surface area (TPSA) is 94.8 Å². The van der Waals surface area contributed by atoms with Crippen LogP contribution in [0.15, 0.2) is 47.5 Å². The van der Waals surface area contributed by atoms with E-state index in [1.807, 2.05) is 0 Å². The molecule has 170 valence electrons. The molecule has 2 aromatic carbocycles. The Morgan fingerprint density at radius 2 is 1.75 bits per heavy atom. The van der Waals surface area contributed by atoms with E-state index >= 15 is 0 Å². The zero-order valence-electron chi connectivity index (χ0n) is 17.3. The number of nitrogens with two attached hydrogens (primary N) is 1. The Morgan fingerprint density at radius 1 is 1.09 bits per heavy atom. The van der Waals surface area contributed by atoms with Gasteiger partial charge >= 0.3 is 0 Å². The fraction of sp³-hybridized carbons (Fsp3) is 0.364. The third-order valence-corrected chi connectivity index (χ3v) is 5.94. The molecule has 2 unspecified atom stereocenters. The molecule has 0 radical (unpaired) electrons. The van der Waals surface area contributed by atoms with Crippen LogP contribution in [0.2, 0.25) is 5.02 Å². The van der Waals surface area contributed by atoms with Crippen LogP contribution in [0.5, 0.6) is 0 Å². The minimum absolute atomic E-state index is 0.202. The van der Waals surface area contributed by atoms with E-state index in [1.54, 1.807) is 24.3 Å². The van der Waals surface area contributed by atoms with Crippen molar-refractivity contribution in [2.45, 2.75) is 50.4 Å². The standard InChI is InChI=1S/C22H25ClF2N6O/c23-15-7-5-13(6-8-15)21(32)29-22(27-18-3-1-2-4-18)28-20-12-19(30-31(20)26)14-9-16(24)11-17(25)10-14/h5-11,18-20,30H,1-4,12,26H2,(H2,27,28,29,32). The summed E-state index contributed by atoms with van der Waals surface area (Å²) in [6.45, 7) is 0. The molecule has 0 spiro atoms. The Kier molecular flexibility index (Phi) is 7.00. The minimum Gasteiger partial charge on any atom is -0.353 e. The number of hydrazine groups is 2. The maximum Gasteiger partial charge on any atom is 0.280 e. The zero-order valence-corrected chi connectivity index (χ0v) is 18.1. The number of nitrogens with zero attached hydrogens (tertiary/aromatic N) is 2. The van der Waals surface area contributed by atoms with Crippen LogP contribution in [0.1, 0.15) is 54.1 Å². The lowest BCUT2D eigenvalue weighted by Crippen LogP contribution is -2.55. The van der Waals surface area contributed by atoms with Gasteiger partial charge in [0, 0.05) is 29.1 Å². The smallest absolute Gasteiger partial charge is 0.280 e. The van der Waals surface area contributed by atoms with E-state index in [9.17, 15) is 13.6 Å². The van der Waals surface area contributed by atoms with Crippen LogP contribution < -0.4 is 21.9 Å². The van der Waals surface area contributed by atoms with Gasteiger partial charge in [0.2, 0.25) is 5.96 Å². The second-order valence-electron chi connectivity index (χ2n) is 8.09. The van der Waals surface area contributed by atoms with Gasteiger partial charge in [-0.05, 0) is 54.8 Å². The van der Waals surface area contributed by atoms with E-state index in [0.717, 1.165) is 31.7 Å². The number of nitrogens with one attached hydrogen (secondary N) is 3. The van der Waals surface area contributed by atoms with Crippen molar-refractivity contribution >= 4 is 23.5 Å². The van der Waals surface area contributed by atoms with Gasteiger partial charge in [-0.15, -0.1) is 0 Å². The van der Waals surface area contributed by atoms with Crippen molar-refractivity contribution in [1.29, 1.82) is 0 Å². The van der Waals surface area contributed by atoms with Gasteiger partial charge in [0.05, 0.1) is 6.04 Å². The maximum atomic E-state index is 13.6. The molecular formula is C22H25ClF2N6O. The molecule has 4 rings (SSSR count). The third-order valence-electron chi connectivity index (χ3n) is 5.69. The molecule has 1 aliphatic carbocycles. The number of aliphatic imine (C=N–C) groups is 1. The summed E-state index contributed by atoms with van der Waals surface area (Å²) in [5, 5.41) is 8.34. The summed E-state index contributed by atoms with van der Waals surface area (Å²) in [7, 11) is 0. The summed E-state index contributed by atoms with van der Waals surface area (Å²) in [6, 6.07) is 9.66. The van der Waals surface area contributed by atoms with Gasteiger partial charge < -0.3 is 10.6 Å². The minimum atomic E-state index is -0.652. The van der Waals surface area contributed by atoms with E-state index in [-0.39, 0.29) is 6.04 Å². The van der Waals surface area contributed by atoms with Crippen molar-refractivity contribution in [3.63, 3.8) is 0 Å². The predicted octanol–water partition coefficient (Wildman–Crippen LogP) is 3.39.